The SMILES string of the molecule is COC(=O)C(CN)=C(SC)SC. The molecule has 0 rings (SSSR count). The van der Waals surface area contributed by atoms with E-state index < -0.39 is 0 Å². The first-order valence-corrected chi connectivity index (χ1v) is 5.75. The Morgan fingerprint density at radius 2 is 1.92 bits per heavy atom. The Morgan fingerprint density at radius 1 is 1.42 bits per heavy atom. The van der Waals surface area contributed by atoms with Crippen LogP contribution in [0.5, 0.6) is 0 Å². The van der Waals surface area contributed by atoms with Gasteiger partial charge in [0.2, 0.25) is 0 Å². The molecular formula is C7H13NO2S2. The first kappa shape index (κ1) is 11.9. The van der Waals surface area contributed by atoms with Gasteiger partial charge in [-0.1, -0.05) is 0 Å². The summed E-state index contributed by atoms with van der Waals surface area (Å²) in [7, 11) is 1.36. The van der Waals surface area contributed by atoms with Crippen molar-refractivity contribution >= 4 is 29.5 Å². The molecule has 0 saturated heterocycles. The predicted octanol–water partition coefficient (Wildman–Crippen LogP) is 1.06. The lowest BCUT2D eigenvalue weighted by atomic mass is 10.3. The van der Waals surface area contributed by atoms with E-state index in [9.17, 15) is 4.79 Å². The van der Waals surface area contributed by atoms with E-state index in [1.54, 1.807) is 0 Å². The summed E-state index contributed by atoms with van der Waals surface area (Å²) in [6.07, 6.45) is 3.81. The normalized spacial score (nSPS) is 9.33. The van der Waals surface area contributed by atoms with Crippen LogP contribution in [0, 0.1) is 0 Å². The largest absolute Gasteiger partial charge is 0.466 e. The molecule has 0 amide bonds. The molecule has 0 aromatic rings. The van der Waals surface area contributed by atoms with Crippen LogP contribution in [0.1, 0.15) is 0 Å². The zero-order valence-corrected chi connectivity index (χ0v) is 9.05. The molecule has 0 aliphatic carbocycles. The Hall–Kier alpha value is -0.130. The summed E-state index contributed by atoms with van der Waals surface area (Å²) in [4.78, 5) is 11.1. The van der Waals surface area contributed by atoms with Gasteiger partial charge in [-0.15, -0.1) is 23.5 Å². The van der Waals surface area contributed by atoms with Crippen molar-refractivity contribution in [3.05, 3.63) is 9.81 Å². The number of rotatable bonds is 4. The van der Waals surface area contributed by atoms with E-state index in [0.29, 0.717) is 5.57 Å². The Bertz CT molecular complexity index is 186. The second kappa shape index (κ2) is 6.39. The fourth-order valence-electron chi connectivity index (χ4n) is 0.703. The quantitative estimate of drug-likeness (QED) is 0.552. The van der Waals surface area contributed by atoms with Crippen molar-refractivity contribution in [1.82, 2.24) is 0 Å². The summed E-state index contributed by atoms with van der Waals surface area (Å²) in [5.41, 5.74) is 5.97. The van der Waals surface area contributed by atoms with Gasteiger partial charge in [0.15, 0.2) is 0 Å². The van der Waals surface area contributed by atoms with Crippen molar-refractivity contribution in [2.75, 3.05) is 26.2 Å². The molecular weight excluding hydrogens is 194 g/mol. The highest BCUT2D eigenvalue weighted by Crippen LogP contribution is 2.27. The van der Waals surface area contributed by atoms with Crippen LogP contribution in [0.3, 0.4) is 0 Å². The minimum absolute atomic E-state index is 0.226. The predicted molar refractivity (Wildman–Crippen MR) is 55.1 cm³/mol. The fraction of sp³-hybridized carbons (Fsp3) is 0.571. The fourth-order valence-corrected chi connectivity index (χ4v) is 2.20. The number of hydrogen-bond acceptors (Lipinski definition) is 5. The standard InChI is InChI=1S/C7H13NO2S2/c1-10-6(9)5(4-8)7(11-2)12-3/h4,8H2,1-3H3. The number of methoxy groups -OCH3 is 1. The number of carbonyl (C=O) groups is 1. The third-order valence-electron chi connectivity index (χ3n) is 1.25. The van der Waals surface area contributed by atoms with Crippen LogP contribution < -0.4 is 5.73 Å². The Morgan fingerprint density at radius 3 is 2.17 bits per heavy atom. The summed E-state index contributed by atoms with van der Waals surface area (Å²) in [6.45, 7) is 0.226. The third-order valence-corrected chi connectivity index (χ3v) is 3.49. The maximum Gasteiger partial charge on any atom is 0.336 e. The maximum absolute atomic E-state index is 11.1. The van der Waals surface area contributed by atoms with Gasteiger partial charge in [-0.25, -0.2) is 4.79 Å². The van der Waals surface area contributed by atoms with Crippen molar-refractivity contribution < 1.29 is 9.53 Å². The molecule has 2 N–H and O–H groups in total. The zero-order valence-electron chi connectivity index (χ0n) is 7.42. The van der Waals surface area contributed by atoms with Gasteiger partial charge in [0.1, 0.15) is 0 Å². The van der Waals surface area contributed by atoms with Crippen LogP contribution >= 0.6 is 23.5 Å². The monoisotopic (exact) mass is 207 g/mol. The molecule has 70 valence electrons. The van der Waals surface area contributed by atoms with E-state index in [4.69, 9.17) is 5.73 Å². The van der Waals surface area contributed by atoms with Crippen LogP contribution in [-0.2, 0) is 9.53 Å². The van der Waals surface area contributed by atoms with Gasteiger partial charge in [-0.2, -0.15) is 0 Å². The second-order valence-corrected chi connectivity index (χ2v) is 3.76. The molecule has 0 spiro atoms. The van der Waals surface area contributed by atoms with Gasteiger partial charge >= 0.3 is 5.97 Å². The Balaban J connectivity index is 4.68. The number of esters is 1. The molecule has 0 aromatic heterocycles. The summed E-state index contributed by atoms with van der Waals surface area (Å²) in [5.74, 6) is -0.337. The van der Waals surface area contributed by atoms with Gasteiger partial charge in [-0.05, 0) is 12.5 Å². The first-order valence-electron chi connectivity index (χ1n) is 3.30. The van der Waals surface area contributed by atoms with Crippen LogP contribution in [0.25, 0.3) is 0 Å². The summed E-state index contributed by atoms with van der Waals surface area (Å²) in [5, 5.41) is 0. The van der Waals surface area contributed by atoms with Gasteiger partial charge < -0.3 is 10.5 Å². The average molecular weight is 207 g/mol. The van der Waals surface area contributed by atoms with E-state index >= 15 is 0 Å². The number of nitrogens with two attached hydrogens (primary N) is 1. The van der Waals surface area contributed by atoms with Gasteiger partial charge in [0, 0.05) is 6.54 Å². The highest BCUT2D eigenvalue weighted by molar-refractivity contribution is 8.21. The van der Waals surface area contributed by atoms with Crippen molar-refractivity contribution in [2.45, 2.75) is 0 Å². The van der Waals surface area contributed by atoms with E-state index in [1.165, 1.54) is 30.6 Å². The zero-order chi connectivity index (χ0) is 9.56. The average Bonchev–Trinajstić information content (AvgIpc) is 2.12. The van der Waals surface area contributed by atoms with Crippen molar-refractivity contribution in [3.63, 3.8) is 0 Å². The molecule has 0 radical (unpaired) electrons. The highest BCUT2D eigenvalue weighted by Gasteiger charge is 2.12. The first-order chi connectivity index (χ1) is 5.71. The van der Waals surface area contributed by atoms with E-state index in [-0.39, 0.29) is 12.5 Å². The highest BCUT2D eigenvalue weighted by atomic mass is 32.2. The lowest BCUT2D eigenvalue weighted by molar-refractivity contribution is -0.136. The minimum Gasteiger partial charge on any atom is -0.466 e. The number of ether oxygens (including phenoxy) is 1. The minimum atomic E-state index is -0.337. The molecule has 0 bridgehead atoms. The van der Waals surface area contributed by atoms with Crippen LogP contribution in [0.15, 0.2) is 9.81 Å². The van der Waals surface area contributed by atoms with Gasteiger partial charge in [-0.3, -0.25) is 0 Å². The van der Waals surface area contributed by atoms with Crippen molar-refractivity contribution in [1.29, 1.82) is 0 Å². The lowest BCUT2D eigenvalue weighted by Crippen LogP contribution is -2.15. The van der Waals surface area contributed by atoms with Crippen molar-refractivity contribution in [2.24, 2.45) is 5.73 Å². The smallest absolute Gasteiger partial charge is 0.336 e. The molecule has 0 aliphatic rings. The Kier molecular flexibility index (Phi) is 6.32. The van der Waals surface area contributed by atoms with E-state index in [1.807, 2.05) is 12.5 Å². The molecule has 0 atom stereocenters. The van der Waals surface area contributed by atoms with Crippen LogP contribution in [-0.4, -0.2) is 32.1 Å². The number of thioether (sulfide) groups is 2. The molecule has 0 aromatic carbocycles. The molecule has 0 heterocycles. The Labute approximate surface area is 81.1 Å². The topological polar surface area (TPSA) is 52.3 Å². The molecule has 5 heteroatoms. The van der Waals surface area contributed by atoms with E-state index in [0.717, 1.165) is 4.24 Å². The molecule has 0 fully saturated rings. The molecule has 3 nitrogen and oxygen atoms in total. The van der Waals surface area contributed by atoms with Gasteiger partial charge in [0.05, 0.1) is 16.9 Å². The summed E-state index contributed by atoms with van der Waals surface area (Å²) < 4.78 is 5.51. The lowest BCUT2D eigenvalue weighted by Gasteiger charge is -2.06. The molecule has 0 unspecified atom stereocenters. The number of hydrogen-bond donors (Lipinski definition) is 1. The third kappa shape index (κ3) is 3.08. The molecule has 0 aliphatic heterocycles. The van der Waals surface area contributed by atoms with Gasteiger partial charge in [0.25, 0.3) is 0 Å². The van der Waals surface area contributed by atoms with Crippen LogP contribution in [0.4, 0.5) is 0 Å². The number of carbonyl (C=O) groups excluding carboxylic acids is 1. The second-order valence-electron chi connectivity index (χ2n) is 1.87. The van der Waals surface area contributed by atoms with Crippen molar-refractivity contribution in [3.8, 4) is 0 Å². The molecule has 0 saturated carbocycles. The summed E-state index contributed by atoms with van der Waals surface area (Å²) >= 11 is 3.02. The summed E-state index contributed by atoms with van der Waals surface area (Å²) in [6, 6.07) is 0. The maximum atomic E-state index is 11.1. The molecule has 12 heavy (non-hydrogen) atoms. The van der Waals surface area contributed by atoms with Crippen LogP contribution in [0.2, 0.25) is 0 Å². The van der Waals surface area contributed by atoms with E-state index in [2.05, 4.69) is 4.74 Å².